The normalized spacial score (nSPS) is 11.6. The largest absolute Gasteiger partial charge is 0.465 e. The van der Waals surface area contributed by atoms with Crippen molar-refractivity contribution in [3.05, 3.63) is 5.82 Å². The summed E-state index contributed by atoms with van der Waals surface area (Å²) in [6.07, 6.45) is -3.06. The van der Waals surface area contributed by atoms with Crippen LogP contribution >= 0.6 is 11.8 Å². The van der Waals surface area contributed by atoms with E-state index < -0.39 is 18.0 Å². The van der Waals surface area contributed by atoms with Crippen molar-refractivity contribution in [1.29, 1.82) is 0 Å². The van der Waals surface area contributed by atoms with Crippen molar-refractivity contribution < 1.29 is 22.7 Å². The van der Waals surface area contributed by atoms with Gasteiger partial charge in [-0.15, -0.1) is 10.2 Å². The van der Waals surface area contributed by atoms with Gasteiger partial charge in [-0.2, -0.15) is 13.2 Å². The number of ether oxygens (including phenoxy) is 1. The molecule has 10 heteroatoms. The van der Waals surface area contributed by atoms with Gasteiger partial charge in [0.1, 0.15) is 0 Å². The first-order valence-electron chi connectivity index (χ1n) is 5.42. The van der Waals surface area contributed by atoms with Gasteiger partial charge >= 0.3 is 12.1 Å². The summed E-state index contributed by atoms with van der Waals surface area (Å²) in [5.74, 6) is 3.18. The molecular formula is C9H13F3N4O2S. The predicted octanol–water partition coefficient (Wildman–Crippen LogP) is 1.45. The van der Waals surface area contributed by atoms with E-state index in [1.54, 1.807) is 0 Å². The van der Waals surface area contributed by atoms with Crippen LogP contribution in [0.1, 0.15) is 25.6 Å². The van der Waals surface area contributed by atoms with E-state index in [4.69, 9.17) is 10.6 Å². The predicted molar refractivity (Wildman–Crippen MR) is 61.8 cm³/mol. The molecule has 0 atom stereocenters. The third kappa shape index (κ3) is 4.62. The molecule has 1 heterocycles. The molecule has 0 aliphatic rings. The fraction of sp³-hybridized carbons (Fsp3) is 0.667. The molecule has 0 saturated carbocycles. The van der Waals surface area contributed by atoms with Crippen LogP contribution in [-0.4, -0.2) is 33.2 Å². The van der Waals surface area contributed by atoms with Crippen LogP contribution in [0.3, 0.4) is 0 Å². The molecule has 0 aliphatic carbocycles. The molecule has 0 unspecified atom stereocenters. The summed E-state index contributed by atoms with van der Waals surface area (Å²) in [5.41, 5.74) is 0. The van der Waals surface area contributed by atoms with Crippen LogP contribution in [0.25, 0.3) is 0 Å². The molecule has 0 saturated heterocycles. The first-order chi connectivity index (χ1) is 8.86. The van der Waals surface area contributed by atoms with Crippen molar-refractivity contribution in [3.63, 3.8) is 0 Å². The second-order valence-electron chi connectivity index (χ2n) is 3.54. The van der Waals surface area contributed by atoms with Gasteiger partial charge in [0, 0.05) is 0 Å². The zero-order valence-electron chi connectivity index (χ0n) is 10.1. The molecule has 0 amide bonds. The molecule has 0 radical (unpaired) electrons. The molecule has 0 bridgehead atoms. The molecule has 0 aliphatic heterocycles. The highest BCUT2D eigenvalue weighted by molar-refractivity contribution is 7.99. The van der Waals surface area contributed by atoms with Crippen LogP contribution in [0.4, 0.5) is 13.2 Å². The summed E-state index contributed by atoms with van der Waals surface area (Å²) in [7, 11) is 0. The number of alkyl halides is 3. The number of rotatable bonds is 6. The maximum Gasteiger partial charge on any atom is 0.453 e. The first kappa shape index (κ1) is 15.6. The number of carbonyl (C=O) groups excluding carboxylic acids is 1. The topological polar surface area (TPSA) is 83.0 Å². The Hall–Kier alpha value is -1.45. The van der Waals surface area contributed by atoms with E-state index in [9.17, 15) is 18.0 Å². The number of hydrogen-bond donors (Lipinski definition) is 1. The summed E-state index contributed by atoms with van der Waals surface area (Å²) in [5, 5.41) is 6.01. The molecule has 0 aromatic carbocycles. The molecule has 108 valence electrons. The van der Waals surface area contributed by atoms with Gasteiger partial charge in [-0.05, 0) is 6.42 Å². The summed E-state index contributed by atoms with van der Waals surface area (Å²) in [6.45, 7) is 2.23. The Balaban J connectivity index is 2.50. The number of nitrogens with zero attached hydrogens (tertiary/aromatic N) is 3. The third-order valence-electron chi connectivity index (χ3n) is 2.00. The SMILES string of the molecule is CCCCOC(=O)CSc1nnc(C(F)(F)F)n1N. The minimum atomic E-state index is -4.68. The number of aromatic nitrogens is 3. The van der Waals surface area contributed by atoms with E-state index in [2.05, 4.69) is 10.2 Å². The lowest BCUT2D eigenvalue weighted by Crippen LogP contribution is -2.21. The van der Waals surface area contributed by atoms with Gasteiger partial charge < -0.3 is 10.6 Å². The smallest absolute Gasteiger partial charge is 0.453 e. The van der Waals surface area contributed by atoms with E-state index in [0.717, 1.165) is 24.6 Å². The highest BCUT2D eigenvalue weighted by atomic mass is 32.2. The van der Waals surface area contributed by atoms with Crippen molar-refractivity contribution in [2.75, 3.05) is 18.2 Å². The van der Waals surface area contributed by atoms with E-state index in [-0.39, 0.29) is 10.9 Å². The zero-order valence-corrected chi connectivity index (χ0v) is 10.9. The lowest BCUT2D eigenvalue weighted by atomic mass is 10.4. The summed E-state index contributed by atoms with van der Waals surface area (Å²) >= 11 is 0.740. The van der Waals surface area contributed by atoms with E-state index in [0.29, 0.717) is 11.3 Å². The number of carbonyl (C=O) groups is 1. The van der Waals surface area contributed by atoms with Gasteiger partial charge in [0.05, 0.1) is 12.4 Å². The summed E-state index contributed by atoms with van der Waals surface area (Å²) in [6, 6.07) is 0. The summed E-state index contributed by atoms with van der Waals surface area (Å²) < 4.78 is 42.2. The van der Waals surface area contributed by atoms with Crippen LogP contribution in [0.5, 0.6) is 0 Å². The van der Waals surface area contributed by atoms with Crippen molar-refractivity contribution in [1.82, 2.24) is 14.9 Å². The molecule has 19 heavy (non-hydrogen) atoms. The Bertz CT molecular complexity index is 436. The third-order valence-corrected chi connectivity index (χ3v) is 2.91. The lowest BCUT2D eigenvalue weighted by Gasteiger charge is -2.06. The molecule has 0 spiro atoms. The number of hydrogen-bond acceptors (Lipinski definition) is 6. The Morgan fingerprint density at radius 1 is 1.47 bits per heavy atom. The first-order valence-corrected chi connectivity index (χ1v) is 6.41. The quantitative estimate of drug-likeness (QED) is 0.370. The average Bonchev–Trinajstić information content (AvgIpc) is 2.68. The minimum Gasteiger partial charge on any atom is -0.465 e. The Morgan fingerprint density at radius 2 is 2.16 bits per heavy atom. The second-order valence-corrected chi connectivity index (χ2v) is 4.48. The molecule has 1 aromatic rings. The Labute approximate surface area is 111 Å². The van der Waals surface area contributed by atoms with Crippen LogP contribution in [0, 0.1) is 0 Å². The lowest BCUT2D eigenvalue weighted by molar-refractivity contribution is -0.146. The fourth-order valence-electron chi connectivity index (χ4n) is 1.06. The molecule has 1 rings (SSSR count). The van der Waals surface area contributed by atoms with Gasteiger partial charge in [0.15, 0.2) is 0 Å². The van der Waals surface area contributed by atoms with Crippen LogP contribution < -0.4 is 5.84 Å². The van der Waals surface area contributed by atoms with Gasteiger partial charge in [-0.3, -0.25) is 4.79 Å². The number of nitrogen functional groups attached to an aromatic ring is 1. The molecular weight excluding hydrogens is 285 g/mol. The van der Waals surface area contributed by atoms with Crippen LogP contribution in [0.2, 0.25) is 0 Å². The average molecular weight is 298 g/mol. The number of thioether (sulfide) groups is 1. The van der Waals surface area contributed by atoms with Gasteiger partial charge in [0.2, 0.25) is 5.16 Å². The molecule has 0 fully saturated rings. The van der Waals surface area contributed by atoms with Gasteiger partial charge in [-0.25, -0.2) is 4.68 Å². The van der Waals surface area contributed by atoms with Crippen molar-refractivity contribution in [2.45, 2.75) is 31.1 Å². The summed E-state index contributed by atoms with van der Waals surface area (Å²) in [4.78, 5) is 11.2. The number of nitrogens with two attached hydrogens (primary N) is 1. The Kier molecular flexibility index (Phi) is 5.45. The second kappa shape index (κ2) is 6.64. The number of esters is 1. The van der Waals surface area contributed by atoms with Gasteiger partial charge in [0.25, 0.3) is 5.82 Å². The monoisotopic (exact) mass is 298 g/mol. The van der Waals surface area contributed by atoms with Crippen molar-refractivity contribution >= 4 is 17.7 Å². The number of halogens is 3. The van der Waals surface area contributed by atoms with E-state index in [1.165, 1.54) is 0 Å². The standard InChI is InChI=1S/C9H13F3N4O2S/c1-2-3-4-18-6(17)5-19-8-15-14-7(16(8)13)9(10,11)12/h2-5,13H2,1H3. The molecule has 6 nitrogen and oxygen atoms in total. The highest BCUT2D eigenvalue weighted by Gasteiger charge is 2.38. The molecule has 1 aromatic heterocycles. The van der Waals surface area contributed by atoms with E-state index in [1.807, 2.05) is 6.92 Å². The fourth-order valence-corrected chi connectivity index (χ4v) is 1.72. The maximum absolute atomic E-state index is 12.4. The minimum absolute atomic E-state index is 0.170. The van der Waals surface area contributed by atoms with Crippen LogP contribution in [-0.2, 0) is 15.7 Å². The van der Waals surface area contributed by atoms with Crippen LogP contribution in [0.15, 0.2) is 5.16 Å². The number of unbranched alkanes of at least 4 members (excludes halogenated alkanes) is 1. The zero-order chi connectivity index (χ0) is 14.5. The van der Waals surface area contributed by atoms with Crippen molar-refractivity contribution in [3.8, 4) is 0 Å². The molecule has 2 N–H and O–H groups in total. The highest BCUT2D eigenvalue weighted by Crippen LogP contribution is 2.28. The van der Waals surface area contributed by atoms with E-state index >= 15 is 0 Å². The van der Waals surface area contributed by atoms with Gasteiger partial charge in [-0.1, -0.05) is 25.1 Å². The Morgan fingerprint density at radius 3 is 2.68 bits per heavy atom. The van der Waals surface area contributed by atoms with Crippen molar-refractivity contribution in [2.24, 2.45) is 0 Å². The maximum atomic E-state index is 12.4.